The first kappa shape index (κ1) is 18.7. The number of hydrogen-bond donors (Lipinski definition) is 2. The number of likely N-dealkylation sites (tertiary alicyclic amines) is 2. The Bertz CT molecular complexity index is 672. The van der Waals surface area contributed by atoms with Gasteiger partial charge in [0.25, 0.3) is 0 Å². The maximum absolute atomic E-state index is 12.6. The molecule has 2 atom stereocenters. The SMILES string of the molecule is O=C(NCC1CCN(Cc2cccs2)CC1)N1C[C@@H]2CCC[C@@]2(C(=O)O)C1. The van der Waals surface area contributed by atoms with Gasteiger partial charge in [0.2, 0.25) is 0 Å². The van der Waals surface area contributed by atoms with Crippen molar-refractivity contribution in [3.63, 3.8) is 0 Å². The zero-order chi connectivity index (χ0) is 18.9. The number of carboxylic acid groups (broad SMARTS) is 1. The van der Waals surface area contributed by atoms with Gasteiger partial charge in [0.1, 0.15) is 0 Å². The van der Waals surface area contributed by atoms with E-state index in [4.69, 9.17) is 0 Å². The van der Waals surface area contributed by atoms with Gasteiger partial charge in [-0.25, -0.2) is 4.79 Å². The first-order chi connectivity index (χ1) is 13.1. The molecule has 2 saturated heterocycles. The fourth-order valence-corrected chi connectivity index (χ4v) is 5.85. The van der Waals surface area contributed by atoms with Crippen LogP contribution in [-0.4, -0.2) is 59.6 Å². The van der Waals surface area contributed by atoms with Crippen molar-refractivity contribution in [2.45, 2.75) is 38.6 Å². The Hall–Kier alpha value is -1.60. The van der Waals surface area contributed by atoms with Crippen LogP contribution in [0.2, 0.25) is 0 Å². The van der Waals surface area contributed by atoms with Gasteiger partial charge in [0.05, 0.1) is 5.41 Å². The lowest BCUT2D eigenvalue weighted by Crippen LogP contribution is -2.44. The number of urea groups is 1. The second-order valence-electron chi connectivity index (χ2n) is 8.42. The molecule has 1 saturated carbocycles. The number of hydrogen-bond acceptors (Lipinski definition) is 4. The molecule has 0 aromatic carbocycles. The average Bonchev–Trinajstić information content (AvgIpc) is 3.36. The number of carbonyl (C=O) groups is 2. The second kappa shape index (κ2) is 7.80. The lowest BCUT2D eigenvalue weighted by molar-refractivity contribution is -0.149. The van der Waals surface area contributed by atoms with E-state index in [9.17, 15) is 14.7 Å². The summed E-state index contributed by atoms with van der Waals surface area (Å²) in [5, 5.41) is 14.9. The van der Waals surface area contributed by atoms with E-state index in [0.29, 0.717) is 32.0 Å². The van der Waals surface area contributed by atoms with Crippen molar-refractivity contribution in [1.29, 1.82) is 0 Å². The molecule has 1 aromatic heterocycles. The van der Waals surface area contributed by atoms with Crippen LogP contribution < -0.4 is 5.32 Å². The number of amides is 2. The minimum atomic E-state index is -0.724. The molecule has 4 rings (SSSR count). The molecule has 27 heavy (non-hydrogen) atoms. The van der Waals surface area contributed by atoms with Crippen LogP contribution in [0.15, 0.2) is 17.5 Å². The number of fused-ring (bicyclic) bond motifs is 1. The van der Waals surface area contributed by atoms with E-state index >= 15 is 0 Å². The molecule has 2 aliphatic heterocycles. The molecule has 2 amide bonds. The number of nitrogens with one attached hydrogen (secondary N) is 1. The molecule has 3 aliphatic rings. The van der Waals surface area contributed by atoms with E-state index in [1.807, 2.05) is 11.3 Å². The minimum Gasteiger partial charge on any atom is -0.481 e. The predicted octanol–water partition coefficient (Wildman–Crippen LogP) is 2.86. The van der Waals surface area contributed by atoms with E-state index in [1.165, 1.54) is 4.88 Å². The van der Waals surface area contributed by atoms with Gasteiger partial charge in [-0.2, -0.15) is 0 Å². The first-order valence-electron chi connectivity index (χ1n) is 10.1. The molecule has 7 heteroatoms. The van der Waals surface area contributed by atoms with Crippen LogP contribution in [0, 0.1) is 17.3 Å². The highest BCUT2D eigenvalue weighted by Crippen LogP contribution is 2.48. The molecule has 3 heterocycles. The summed E-state index contributed by atoms with van der Waals surface area (Å²) in [6.45, 7) is 4.85. The Labute approximate surface area is 164 Å². The first-order valence-corrected chi connectivity index (χ1v) is 11.0. The summed E-state index contributed by atoms with van der Waals surface area (Å²) in [5.74, 6) is -0.0799. The van der Waals surface area contributed by atoms with Crippen molar-refractivity contribution in [2.24, 2.45) is 17.3 Å². The molecule has 0 bridgehead atoms. The number of carboxylic acids is 1. The molecule has 0 unspecified atom stereocenters. The van der Waals surface area contributed by atoms with Gasteiger partial charge in [0.15, 0.2) is 0 Å². The second-order valence-corrected chi connectivity index (χ2v) is 9.45. The van der Waals surface area contributed by atoms with Crippen LogP contribution in [0.4, 0.5) is 4.79 Å². The molecular formula is C20H29N3O3S. The van der Waals surface area contributed by atoms with E-state index in [1.54, 1.807) is 4.90 Å². The molecular weight excluding hydrogens is 362 g/mol. The fourth-order valence-electron chi connectivity index (χ4n) is 5.11. The summed E-state index contributed by atoms with van der Waals surface area (Å²) < 4.78 is 0. The maximum Gasteiger partial charge on any atom is 0.317 e. The summed E-state index contributed by atoms with van der Waals surface area (Å²) in [7, 11) is 0. The standard InChI is InChI=1S/C20H29N3O3S/c24-18(25)20-7-1-3-16(20)12-23(14-20)19(26)21-11-15-5-8-22(9-6-15)13-17-4-2-10-27-17/h2,4,10,15-16H,1,3,5-9,11-14H2,(H,21,26)(H,24,25)/t16-,20+/m0/s1. The highest BCUT2D eigenvalue weighted by Gasteiger charge is 2.55. The summed E-state index contributed by atoms with van der Waals surface area (Å²) in [6, 6.07) is 4.21. The molecule has 1 aromatic rings. The minimum absolute atomic E-state index is 0.0777. The van der Waals surface area contributed by atoms with E-state index in [2.05, 4.69) is 27.7 Å². The monoisotopic (exact) mass is 391 g/mol. The van der Waals surface area contributed by atoms with Crippen LogP contribution in [0.1, 0.15) is 37.0 Å². The Balaban J connectivity index is 1.21. The third kappa shape index (κ3) is 3.85. The molecule has 148 valence electrons. The number of piperidine rings is 1. The molecule has 0 spiro atoms. The van der Waals surface area contributed by atoms with Crippen LogP contribution in [-0.2, 0) is 11.3 Å². The van der Waals surface area contributed by atoms with E-state index in [-0.39, 0.29) is 11.9 Å². The molecule has 0 radical (unpaired) electrons. The van der Waals surface area contributed by atoms with Crippen molar-refractivity contribution >= 4 is 23.3 Å². The van der Waals surface area contributed by atoms with Gasteiger partial charge >= 0.3 is 12.0 Å². The van der Waals surface area contributed by atoms with Crippen LogP contribution in [0.5, 0.6) is 0 Å². The van der Waals surface area contributed by atoms with Gasteiger partial charge in [-0.15, -0.1) is 11.3 Å². The third-order valence-electron chi connectivity index (χ3n) is 6.79. The molecule has 3 fully saturated rings. The highest BCUT2D eigenvalue weighted by molar-refractivity contribution is 7.09. The van der Waals surface area contributed by atoms with Crippen LogP contribution >= 0.6 is 11.3 Å². The Kier molecular flexibility index (Phi) is 5.41. The van der Waals surface area contributed by atoms with E-state index < -0.39 is 11.4 Å². The molecule has 1 aliphatic carbocycles. The summed E-state index contributed by atoms with van der Waals surface area (Å²) in [4.78, 5) is 30.0. The van der Waals surface area contributed by atoms with Crippen molar-refractivity contribution in [1.82, 2.24) is 15.1 Å². The number of carbonyl (C=O) groups excluding carboxylic acids is 1. The zero-order valence-corrected chi connectivity index (χ0v) is 16.5. The van der Waals surface area contributed by atoms with Crippen LogP contribution in [0.25, 0.3) is 0 Å². The Morgan fingerprint density at radius 2 is 2.11 bits per heavy atom. The van der Waals surface area contributed by atoms with Gasteiger partial charge in [-0.05, 0) is 62.1 Å². The maximum atomic E-state index is 12.6. The van der Waals surface area contributed by atoms with Crippen molar-refractivity contribution in [3.8, 4) is 0 Å². The summed E-state index contributed by atoms with van der Waals surface area (Å²) in [6.07, 6.45) is 4.81. The normalized spacial score (nSPS) is 29.0. The molecule has 2 N–H and O–H groups in total. The van der Waals surface area contributed by atoms with Gasteiger partial charge in [-0.1, -0.05) is 12.5 Å². The lowest BCUT2D eigenvalue weighted by atomic mass is 9.81. The van der Waals surface area contributed by atoms with Gasteiger partial charge in [0, 0.05) is 31.1 Å². The topological polar surface area (TPSA) is 72.9 Å². The lowest BCUT2D eigenvalue weighted by Gasteiger charge is -2.32. The van der Waals surface area contributed by atoms with Gasteiger partial charge in [-0.3, -0.25) is 9.69 Å². The van der Waals surface area contributed by atoms with E-state index in [0.717, 1.165) is 45.3 Å². The van der Waals surface area contributed by atoms with Crippen LogP contribution in [0.3, 0.4) is 0 Å². The van der Waals surface area contributed by atoms with Crippen molar-refractivity contribution in [3.05, 3.63) is 22.4 Å². The summed E-state index contributed by atoms with van der Waals surface area (Å²) in [5.41, 5.74) is -0.690. The quantitative estimate of drug-likeness (QED) is 0.810. The number of nitrogens with zero attached hydrogens (tertiary/aromatic N) is 2. The molecule has 6 nitrogen and oxygen atoms in total. The zero-order valence-electron chi connectivity index (χ0n) is 15.7. The predicted molar refractivity (Wildman–Crippen MR) is 105 cm³/mol. The smallest absolute Gasteiger partial charge is 0.317 e. The average molecular weight is 392 g/mol. The summed E-state index contributed by atoms with van der Waals surface area (Å²) >= 11 is 1.81. The largest absolute Gasteiger partial charge is 0.481 e. The highest BCUT2D eigenvalue weighted by atomic mass is 32.1. The van der Waals surface area contributed by atoms with Gasteiger partial charge < -0.3 is 15.3 Å². The number of rotatable bonds is 5. The Morgan fingerprint density at radius 1 is 1.30 bits per heavy atom. The fraction of sp³-hybridized carbons (Fsp3) is 0.700. The number of aliphatic carboxylic acids is 1. The third-order valence-corrected chi connectivity index (χ3v) is 7.65. The Morgan fingerprint density at radius 3 is 2.78 bits per heavy atom. The number of thiophene rings is 1. The van der Waals surface area contributed by atoms with Crippen molar-refractivity contribution in [2.75, 3.05) is 32.7 Å². The van der Waals surface area contributed by atoms with Crippen molar-refractivity contribution < 1.29 is 14.7 Å².